The molecule has 7 nitrogen and oxygen atoms in total. The van der Waals surface area contributed by atoms with Crippen LogP contribution in [0.1, 0.15) is 26.7 Å². The Labute approximate surface area is 166 Å². The monoisotopic (exact) mass is 387 g/mol. The number of anilines is 1. The second-order valence-corrected chi connectivity index (χ2v) is 7.87. The fraction of sp³-hybridized carbons (Fsp3) is 0.571. The molecule has 2 aliphatic rings. The van der Waals surface area contributed by atoms with Crippen LogP contribution in [0.25, 0.3) is 0 Å². The molecular formula is C21H29N3O4. The minimum absolute atomic E-state index is 0.0606. The van der Waals surface area contributed by atoms with E-state index >= 15 is 0 Å². The molecule has 1 aromatic carbocycles. The van der Waals surface area contributed by atoms with E-state index < -0.39 is 12.0 Å². The molecule has 3 amide bonds. The maximum absolute atomic E-state index is 12.9. The number of carbonyl (C=O) groups excluding carboxylic acids is 3. The van der Waals surface area contributed by atoms with Crippen LogP contribution >= 0.6 is 0 Å². The van der Waals surface area contributed by atoms with Crippen molar-refractivity contribution in [2.24, 2.45) is 11.8 Å². The zero-order valence-electron chi connectivity index (χ0n) is 16.6. The number of nitrogens with zero attached hydrogens (tertiary/aromatic N) is 2. The second kappa shape index (κ2) is 9.19. The molecule has 1 aromatic rings. The topological polar surface area (TPSA) is 79.0 Å². The van der Waals surface area contributed by atoms with E-state index in [9.17, 15) is 14.4 Å². The molecule has 0 aliphatic carbocycles. The van der Waals surface area contributed by atoms with Crippen LogP contribution in [0.4, 0.5) is 5.69 Å². The normalized spacial score (nSPS) is 21.1. The number of benzene rings is 1. The van der Waals surface area contributed by atoms with E-state index in [1.165, 1.54) is 0 Å². The number of morpholine rings is 1. The van der Waals surface area contributed by atoms with Gasteiger partial charge in [-0.3, -0.25) is 14.4 Å². The highest BCUT2D eigenvalue weighted by Crippen LogP contribution is 2.25. The maximum Gasteiger partial charge on any atom is 0.245 e. The Hall–Kier alpha value is -2.41. The standard InChI is InChI=1S/C21H29N3O4/c1-15(2)12-18(21(27)23-8-10-28-11-9-23)22-20(26)16-13-19(25)24(14-16)17-6-4-3-5-7-17/h3-7,15-16,18H,8-14H2,1-2H3,(H,22,26). The molecule has 2 fully saturated rings. The lowest BCUT2D eigenvalue weighted by molar-refractivity contribution is -0.141. The van der Waals surface area contributed by atoms with Crippen LogP contribution in [-0.4, -0.2) is 61.5 Å². The Morgan fingerprint density at radius 3 is 2.50 bits per heavy atom. The maximum atomic E-state index is 12.9. The van der Waals surface area contributed by atoms with Crippen molar-refractivity contribution in [3.63, 3.8) is 0 Å². The smallest absolute Gasteiger partial charge is 0.245 e. The average molecular weight is 387 g/mol. The van der Waals surface area contributed by atoms with Crippen LogP contribution in [-0.2, 0) is 19.1 Å². The Balaban J connectivity index is 1.64. The van der Waals surface area contributed by atoms with Crippen LogP contribution < -0.4 is 10.2 Å². The number of hydrogen-bond acceptors (Lipinski definition) is 4. The number of rotatable bonds is 6. The summed E-state index contributed by atoms with van der Waals surface area (Å²) >= 11 is 0. The van der Waals surface area contributed by atoms with Crippen molar-refractivity contribution in [1.29, 1.82) is 0 Å². The second-order valence-electron chi connectivity index (χ2n) is 7.87. The predicted molar refractivity (Wildman–Crippen MR) is 106 cm³/mol. The molecule has 2 heterocycles. The van der Waals surface area contributed by atoms with E-state index in [1.54, 1.807) is 9.80 Å². The highest BCUT2D eigenvalue weighted by atomic mass is 16.5. The number of carbonyl (C=O) groups is 3. The summed E-state index contributed by atoms with van der Waals surface area (Å²) in [7, 11) is 0. The lowest BCUT2D eigenvalue weighted by Crippen LogP contribution is -2.53. The van der Waals surface area contributed by atoms with Gasteiger partial charge in [0.15, 0.2) is 0 Å². The van der Waals surface area contributed by atoms with Crippen molar-refractivity contribution in [3.05, 3.63) is 30.3 Å². The molecule has 0 saturated carbocycles. The molecule has 3 rings (SSSR count). The van der Waals surface area contributed by atoms with E-state index in [-0.39, 0.29) is 30.1 Å². The van der Waals surface area contributed by atoms with E-state index in [4.69, 9.17) is 4.74 Å². The van der Waals surface area contributed by atoms with Crippen molar-refractivity contribution in [2.75, 3.05) is 37.7 Å². The molecule has 2 saturated heterocycles. The first-order valence-electron chi connectivity index (χ1n) is 9.98. The van der Waals surface area contributed by atoms with Crippen molar-refractivity contribution in [3.8, 4) is 0 Å². The van der Waals surface area contributed by atoms with Crippen molar-refractivity contribution in [2.45, 2.75) is 32.7 Å². The van der Waals surface area contributed by atoms with Gasteiger partial charge in [-0.1, -0.05) is 32.0 Å². The molecule has 0 radical (unpaired) electrons. The predicted octanol–water partition coefficient (Wildman–Crippen LogP) is 1.43. The van der Waals surface area contributed by atoms with Gasteiger partial charge in [0.1, 0.15) is 6.04 Å². The molecular weight excluding hydrogens is 358 g/mol. The third kappa shape index (κ3) is 4.90. The van der Waals surface area contributed by atoms with Crippen LogP contribution in [0.3, 0.4) is 0 Å². The minimum atomic E-state index is -0.563. The summed E-state index contributed by atoms with van der Waals surface area (Å²) in [5.41, 5.74) is 0.797. The van der Waals surface area contributed by atoms with Crippen molar-refractivity contribution in [1.82, 2.24) is 10.2 Å². The van der Waals surface area contributed by atoms with Gasteiger partial charge >= 0.3 is 0 Å². The van der Waals surface area contributed by atoms with E-state index in [2.05, 4.69) is 5.32 Å². The zero-order valence-corrected chi connectivity index (χ0v) is 16.6. The summed E-state index contributed by atoms with van der Waals surface area (Å²) in [6.07, 6.45) is 0.742. The van der Waals surface area contributed by atoms with Crippen molar-refractivity contribution >= 4 is 23.4 Å². The molecule has 0 bridgehead atoms. The highest BCUT2D eigenvalue weighted by Gasteiger charge is 2.37. The molecule has 152 valence electrons. The first-order valence-corrected chi connectivity index (χ1v) is 9.98. The van der Waals surface area contributed by atoms with Gasteiger partial charge in [0.05, 0.1) is 19.1 Å². The summed E-state index contributed by atoms with van der Waals surface area (Å²) in [6.45, 7) is 6.55. The van der Waals surface area contributed by atoms with Gasteiger partial charge in [-0.2, -0.15) is 0 Å². The van der Waals surface area contributed by atoms with Gasteiger partial charge in [-0.25, -0.2) is 0 Å². The summed E-state index contributed by atoms with van der Waals surface area (Å²) in [5, 5.41) is 2.93. The van der Waals surface area contributed by atoms with Gasteiger partial charge in [0.25, 0.3) is 0 Å². The zero-order chi connectivity index (χ0) is 20.1. The quantitative estimate of drug-likeness (QED) is 0.801. The fourth-order valence-corrected chi connectivity index (χ4v) is 3.73. The number of nitrogens with one attached hydrogen (secondary N) is 1. The Kier molecular flexibility index (Phi) is 6.67. The first kappa shape index (κ1) is 20.3. The number of ether oxygens (including phenoxy) is 1. The summed E-state index contributed by atoms with van der Waals surface area (Å²) in [6, 6.07) is 8.79. The van der Waals surface area contributed by atoms with Crippen molar-refractivity contribution < 1.29 is 19.1 Å². The Bertz CT molecular complexity index is 701. The Morgan fingerprint density at radius 1 is 1.18 bits per heavy atom. The third-order valence-corrected chi connectivity index (χ3v) is 5.21. The molecule has 2 atom stereocenters. The third-order valence-electron chi connectivity index (χ3n) is 5.21. The molecule has 2 aliphatic heterocycles. The van der Waals surface area contributed by atoms with Gasteiger partial charge in [-0.15, -0.1) is 0 Å². The molecule has 2 unspecified atom stereocenters. The average Bonchev–Trinajstić information content (AvgIpc) is 3.10. The highest BCUT2D eigenvalue weighted by molar-refractivity contribution is 6.01. The van der Waals surface area contributed by atoms with E-state index in [1.807, 2.05) is 44.2 Å². The summed E-state index contributed by atoms with van der Waals surface area (Å²) in [5.74, 6) is -0.527. The summed E-state index contributed by atoms with van der Waals surface area (Å²) in [4.78, 5) is 41.6. The van der Waals surface area contributed by atoms with E-state index in [0.717, 1.165) is 5.69 Å². The lowest BCUT2D eigenvalue weighted by atomic mass is 10.0. The van der Waals surface area contributed by atoms with Gasteiger partial charge < -0.3 is 19.9 Å². The van der Waals surface area contributed by atoms with Gasteiger partial charge in [0, 0.05) is 31.7 Å². The van der Waals surface area contributed by atoms with Crippen LogP contribution in [0.15, 0.2) is 30.3 Å². The molecule has 0 aromatic heterocycles. The molecule has 1 N–H and O–H groups in total. The summed E-state index contributed by atoms with van der Waals surface area (Å²) < 4.78 is 5.31. The first-order chi connectivity index (χ1) is 13.5. The van der Waals surface area contributed by atoms with Crippen LogP contribution in [0, 0.1) is 11.8 Å². The number of para-hydroxylation sites is 1. The molecule has 0 spiro atoms. The SMILES string of the molecule is CC(C)CC(NC(=O)C1CC(=O)N(c2ccccc2)C1)C(=O)N1CCOCC1. The van der Waals surface area contributed by atoms with Gasteiger partial charge in [0.2, 0.25) is 17.7 Å². The molecule has 28 heavy (non-hydrogen) atoms. The van der Waals surface area contributed by atoms with E-state index in [0.29, 0.717) is 39.3 Å². The fourth-order valence-electron chi connectivity index (χ4n) is 3.73. The number of amides is 3. The van der Waals surface area contributed by atoms with Gasteiger partial charge in [-0.05, 0) is 24.5 Å². The van der Waals surface area contributed by atoms with Crippen LogP contribution in [0.5, 0.6) is 0 Å². The lowest BCUT2D eigenvalue weighted by Gasteiger charge is -2.31. The number of hydrogen-bond donors (Lipinski definition) is 1. The Morgan fingerprint density at radius 2 is 1.86 bits per heavy atom. The largest absolute Gasteiger partial charge is 0.378 e. The minimum Gasteiger partial charge on any atom is -0.378 e. The molecule has 7 heteroatoms. The van der Waals surface area contributed by atoms with Crippen LogP contribution in [0.2, 0.25) is 0 Å².